The van der Waals surface area contributed by atoms with Crippen molar-refractivity contribution in [1.29, 1.82) is 0 Å². The number of hydrogen-bond acceptors (Lipinski definition) is 6. The highest BCUT2D eigenvalue weighted by atomic mass is 79.9. The molecule has 0 bridgehead atoms. The molecule has 1 saturated heterocycles. The van der Waals surface area contributed by atoms with E-state index in [1.54, 1.807) is 24.3 Å². The van der Waals surface area contributed by atoms with Crippen molar-refractivity contribution in [1.82, 2.24) is 4.90 Å². The Morgan fingerprint density at radius 1 is 1.19 bits per heavy atom. The lowest BCUT2D eigenvalue weighted by Crippen LogP contribution is -2.36. The summed E-state index contributed by atoms with van der Waals surface area (Å²) in [5.41, 5.74) is 3.42. The maximum atomic E-state index is 12.8. The molecule has 0 aromatic heterocycles. The third-order valence-electron chi connectivity index (χ3n) is 4.80. The molecule has 1 N–H and O–H groups in total. The Kier molecular flexibility index (Phi) is 7.63. The lowest BCUT2D eigenvalue weighted by Gasteiger charge is -2.13. The monoisotopic (exact) mass is 518 g/mol. The van der Waals surface area contributed by atoms with E-state index in [4.69, 9.17) is 9.47 Å². The minimum absolute atomic E-state index is 0.230. The number of anilines is 1. The van der Waals surface area contributed by atoms with Crippen molar-refractivity contribution < 1.29 is 23.9 Å². The number of imide groups is 1. The van der Waals surface area contributed by atoms with E-state index in [0.29, 0.717) is 33.8 Å². The van der Waals surface area contributed by atoms with Crippen LogP contribution < -0.4 is 14.8 Å². The van der Waals surface area contributed by atoms with Gasteiger partial charge in [-0.15, -0.1) is 0 Å². The second-order valence-corrected chi connectivity index (χ2v) is 8.93. The molecule has 3 rings (SSSR count). The van der Waals surface area contributed by atoms with E-state index >= 15 is 0 Å². The minimum Gasteiger partial charge on any atom is -0.492 e. The normalized spacial score (nSPS) is 14.8. The molecule has 32 heavy (non-hydrogen) atoms. The summed E-state index contributed by atoms with van der Waals surface area (Å²) in [5, 5.41) is 2.24. The summed E-state index contributed by atoms with van der Waals surface area (Å²) in [6.07, 6.45) is 1.60. The van der Waals surface area contributed by atoms with Crippen LogP contribution in [0, 0.1) is 13.8 Å². The molecule has 1 aliphatic heterocycles. The van der Waals surface area contributed by atoms with Crippen LogP contribution in [0.1, 0.15) is 23.6 Å². The maximum absolute atomic E-state index is 12.8. The van der Waals surface area contributed by atoms with Crippen molar-refractivity contribution >= 4 is 56.5 Å². The molecule has 9 heteroatoms. The summed E-state index contributed by atoms with van der Waals surface area (Å²) in [5.74, 6) is 0.102. The second-order valence-electron chi connectivity index (χ2n) is 7.08. The van der Waals surface area contributed by atoms with Crippen molar-refractivity contribution in [2.75, 3.05) is 25.6 Å². The highest BCUT2D eigenvalue weighted by Crippen LogP contribution is 2.39. The van der Waals surface area contributed by atoms with E-state index in [1.165, 1.54) is 7.11 Å². The fourth-order valence-corrected chi connectivity index (χ4v) is 4.54. The second kappa shape index (κ2) is 10.2. The SMILES string of the molecule is CCOc1cc(/C=C2/SC(=O)N(CC(=O)Nc3ccc(C)c(C)c3)C2=O)cc(Br)c1OC. The van der Waals surface area contributed by atoms with E-state index in [9.17, 15) is 14.4 Å². The number of benzene rings is 2. The quantitative estimate of drug-likeness (QED) is 0.510. The highest BCUT2D eigenvalue weighted by Gasteiger charge is 2.36. The van der Waals surface area contributed by atoms with Gasteiger partial charge in [0, 0.05) is 5.69 Å². The summed E-state index contributed by atoms with van der Waals surface area (Å²) < 4.78 is 11.6. The number of aryl methyl sites for hydroxylation is 2. The third-order valence-corrected chi connectivity index (χ3v) is 6.30. The lowest BCUT2D eigenvalue weighted by molar-refractivity contribution is -0.127. The minimum atomic E-state index is -0.514. The van der Waals surface area contributed by atoms with Gasteiger partial charge in [-0.25, -0.2) is 0 Å². The summed E-state index contributed by atoms with van der Waals surface area (Å²) in [7, 11) is 1.54. The zero-order valence-electron chi connectivity index (χ0n) is 18.2. The van der Waals surface area contributed by atoms with Crippen LogP contribution in [0.4, 0.5) is 10.5 Å². The van der Waals surface area contributed by atoms with Crippen LogP contribution in [0.5, 0.6) is 11.5 Å². The molecule has 2 aromatic carbocycles. The van der Waals surface area contributed by atoms with Crippen molar-refractivity contribution in [3.05, 3.63) is 56.4 Å². The number of nitrogens with zero attached hydrogens (tertiary/aromatic N) is 1. The van der Waals surface area contributed by atoms with Gasteiger partial charge in [-0.05, 0) is 95.5 Å². The van der Waals surface area contributed by atoms with Crippen molar-refractivity contribution in [2.24, 2.45) is 0 Å². The van der Waals surface area contributed by atoms with Crippen molar-refractivity contribution in [2.45, 2.75) is 20.8 Å². The average Bonchev–Trinajstić information content (AvgIpc) is 2.98. The van der Waals surface area contributed by atoms with Gasteiger partial charge in [-0.2, -0.15) is 0 Å². The van der Waals surface area contributed by atoms with Gasteiger partial charge >= 0.3 is 0 Å². The van der Waals surface area contributed by atoms with E-state index in [2.05, 4.69) is 21.2 Å². The van der Waals surface area contributed by atoms with Crippen LogP contribution in [0.25, 0.3) is 6.08 Å². The van der Waals surface area contributed by atoms with Crippen LogP contribution in [-0.2, 0) is 9.59 Å². The van der Waals surface area contributed by atoms with Gasteiger partial charge < -0.3 is 14.8 Å². The highest BCUT2D eigenvalue weighted by molar-refractivity contribution is 9.10. The summed E-state index contributed by atoms with van der Waals surface area (Å²) >= 11 is 4.23. The molecule has 1 heterocycles. The van der Waals surface area contributed by atoms with Crippen LogP contribution >= 0.6 is 27.7 Å². The zero-order chi connectivity index (χ0) is 23.4. The van der Waals surface area contributed by atoms with Gasteiger partial charge in [0.1, 0.15) is 6.54 Å². The van der Waals surface area contributed by atoms with Gasteiger partial charge in [0.25, 0.3) is 11.1 Å². The van der Waals surface area contributed by atoms with E-state index in [-0.39, 0.29) is 11.4 Å². The number of carbonyl (C=O) groups is 3. The Labute approximate surface area is 199 Å². The molecule has 2 aromatic rings. The maximum Gasteiger partial charge on any atom is 0.294 e. The molecule has 1 aliphatic rings. The Hall–Kier alpha value is -2.78. The first-order chi connectivity index (χ1) is 15.2. The third kappa shape index (κ3) is 5.34. The average molecular weight is 519 g/mol. The number of methoxy groups -OCH3 is 1. The number of ether oxygens (including phenoxy) is 2. The van der Waals surface area contributed by atoms with E-state index < -0.39 is 17.1 Å². The first-order valence-electron chi connectivity index (χ1n) is 9.86. The molecule has 7 nitrogen and oxygen atoms in total. The standard InChI is InChI=1S/C23H23BrN2O5S/c1-5-31-18-10-15(9-17(24)21(18)30-4)11-19-22(28)26(23(29)32-19)12-20(27)25-16-7-6-13(2)14(3)8-16/h6-11H,5,12H2,1-4H3,(H,25,27)/b19-11+. The number of halogens is 1. The molecule has 0 unspecified atom stereocenters. The Morgan fingerprint density at radius 3 is 2.59 bits per heavy atom. The van der Waals surface area contributed by atoms with Gasteiger partial charge in [0.15, 0.2) is 11.5 Å². The molecule has 168 valence electrons. The molecule has 0 radical (unpaired) electrons. The summed E-state index contributed by atoms with van der Waals surface area (Å²) in [4.78, 5) is 38.8. The van der Waals surface area contributed by atoms with Crippen LogP contribution in [0.2, 0.25) is 0 Å². The summed E-state index contributed by atoms with van der Waals surface area (Å²) in [6, 6.07) is 9.02. The predicted octanol–water partition coefficient (Wildman–Crippen LogP) is 5.15. The van der Waals surface area contributed by atoms with Gasteiger partial charge in [0.05, 0.1) is 23.1 Å². The number of nitrogens with one attached hydrogen (secondary N) is 1. The lowest BCUT2D eigenvalue weighted by atomic mass is 10.1. The number of rotatable bonds is 7. The molecule has 3 amide bonds. The van der Waals surface area contributed by atoms with Gasteiger partial charge in [-0.3, -0.25) is 19.3 Å². The number of hydrogen-bond donors (Lipinski definition) is 1. The van der Waals surface area contributed by atoms with Gasteiger partial charge in [-0.1, -0.05) is 6.07 Å². The molecule has 0 aliphatic carbocycles. The van der Waals surface area contributed by atoms with Crippen LogP contribution in [-0.4, -0.2) is 42.2 Å². The number of carbonyl (C=O) groups excluding carboxylic acids is 3. The van der Waals surface area contributed by atoms with Crippen LogP contribution in [0.3, 0.4) is 0 Å². The van der Waals surface area contributed by atoms with Crippen LogP contribution in [0.15, 0.2) is 39.7 Å². The molecule has 0 atom stereocenters. The molecular weight excluding hydrogens is 496 g/mol. The zero-order valence-corrected chi connectivity index (χ0v) is 20.6. The Morgan fingerprint density at radius 2 is 1.94 bits per heavy atom. The summed E-state index contributed by atoms with van der Waals surface area (Å²) in [6.45, 7) is 5.87. The van der Waals surface area contributed by atoms with Crippen molar-refractivity contribution in [3.8, 4) is 11.5 Å². The molecule has 0 spiro atoms. The van der Waals surface area contributed by atoms with E-state index in [0.717, 1.165) is 27.8 Å². The largest absolute Gasteiger partial charge is 0.492 e. The smallest absolute Gasteiger partial charge is 0.294 e. The fraction of sp³-hybridized carbons (Fsp3) is 0.261. The molecular formula is C23H23BrN2O5S. The number of thioether (sulfide) groups is 1. The predicted molar refractivity (Wildman–Crippen MR) is 129 cm³/mol. The number of amides is 3. The Bertz CT molecular complexity index is 1120. The first-order valence-corrected chi connectivity index (χ1v) is 11.5. The fourth-order valence-electron chi connectivity index (χ4n) is 3.08. The molecule has 0 saturated carbocycles. The van der Waals surface area contributed by atoms with E-state index in [1.807, 2.05) is 32.9 Å². The topological polar surface area (TPSA) is 84.9 Å². The Balaban J connectivity index is 1.76. The van der Waals surface area contributed by atoms with Crippen molar-refractivity contribution in [3.63, 3.8) is 0 Å². The molecule has 1 fully saturated rings. The first kappa shape index (κ1) is 23.9. The van der Waals surface area contributed by atoms with Gasteiger partial charge in [0.2, 0.25) is 5.91 Å².